The second-order valence-corrected chi connectivity index (χ2v) is 5.85. The van der Waals surface area contributed by atoms with Gasteiger partial charge in [0.15, 0.2) is 0 Å². The zero-order valence-electron chi connectivity index (χ0n) is 8.83. The zero-order valence-corrected chi connectivity index (χ0v) is 10.7. The van der Waals surface area contributed by atoms with Crippen molar-refractivity contribution in [3.8, 4) is 0 Å². The molecule has 88 valence electrons. The van der Waals surface area contributed by atoms with Crippen LogP contribution in [-0.2, 0) is 11.2 Å². The van der Waals surface area contributed by atoms with Crippen LogP contribution in [0.4, 0.5) is 0 Å². The van der Waals surface area contributed by atoms with E-state index in [9.17, 15) is 4.79 Å². The van der Waals surface area contributed by atoms with E-state index >= 15 is 0 Å². The fourth-order valence-electron chi connectivity index (χ4n) is 1.40. The van der Waals surface area contributed by atoms with Crippen LogP contribution >= 0.6 is 0 Å². The number of rotatable bonds is 6. The summed E-state index contributed by atoms with van der Waals surface area (Å²) < 4.78 is 18.7. The number of benzene rings is 1. The molecule has 4 nitrogen and oxygen atoms in total. The fraction of sp³-hybridized carbons (Fsp3) is 0.364. The number of unbranched alkanes of at least 4 members (excludes halogenated alkanes) is 1. The van der Waals surface area contributed by atoms with E-state index in [1.807, 2.05) is 12.1 Å². The van der Waals surface area contributed by atoms with E-state index in [2.05, 4.69) is 0 Å². The molecule has 0 fully saturated rings. The predicted octanol–water partition coefficient (Wildman–Crippen LogP) is 0.164. The van der Waals surface area contributed by atoms with Gasteiger partial charge in [-0.2, -0.15) is 0 Å². The first kappa shape index (κ1) is 13.2. The summed E-state index contributed by atoms with van der Waals surface area (Å²) in [6.07, 6.45) is 2.55. The van der Waals surface area contributed by atoms with Gasteiger partial charge in [-0.15, -0.1) is 0 Å². The molecule has 5 heteroatoms. The molecule has 0 spiro atoms. The van der Waals surface area contributed by atoms with E-state index in [-0.39, 0.29) is 6.42 Å². The molecule has 0 atom stereocenters. The number of carboxylic acids is 1. The quantitative estimate of drug-likeness (QED) is 0.514. The van der Waals surface area contributed by atoms with Gasteiger partial charge in [-0.1, -0.05) is 0 Å². The van der Waals surface area contributed by atoms with Crippen molar-refractivity contribution in [1.29, 1.82) is 0 Å². The van der Waals surface area contributed by atoms with Gasteiger partial charge in [-0.25, -0.2) is 0 Å². The van der Waals surface area contributed by atoms with E-state index < -0.39 is 21.3 Å². The second kappa shape index (κ2) is 6.69. The summed E-state index contributed by atoms with van der Waals surface area (Å²) in [6, 6.07) is 7.19. The molecular formula is C11H15AsO4. The number of aryl methyl sites for hydroxylation is 1. The first-order valence-corrected chi connectivity index (χ1v) is 7.70. The molecule has 0 heterocycles. The molecule has 0 aliphatic carbocycles. The van der Waals surface area contributed by atoms with E-state index in [1.165, 1.54) is 0 Å². The van der Waals surface area contributed by atoms with Gasteiger partial charge in [0.05, 0.1) is 0 Å². The number of hydrogen-bond acceptors (Lipinski definition) is 3. The van der Waals surface area contributed by atoms with E-state index in [0.29, 0.717) is 10.8 Å². The van der Waals surface area contributed by atoms with E-state index in [1.54, 1.807) is 12.1 Å². The number of aliphatic carboxylic acids is 1. The molecule has 1 aromatic carbocycles. The third-order valence-electron chi connectivity index (χ3n) is 2.27. The van der Waals surface area contributed by atoms with Gasteiger partial charge < -0.3 is 0 Å². The van der Waals surface area contributed by atoms with Crippen molar-refractivity contribution in [2.45, 2.75) is 25.7 Å². The van der Waals surface area contributed by atoms with Crippen molar-refractivity contribution < 1.29 is 18.1 Å². The Morgan fingerprint density at radius 2 is 1.75 bits per heavy atom. The molecule has 0 saturated heterocycles. The topological polar surface area (TPSA) is 77.8 Å². The summed E-state index contributed by atoms with van der Waals surface area (Å²) in [4.78, 5) is 10.3. The Hall–Kier alpha value is -0.832. The van der Waals surface area contributed by atoms with Crippen LogP contribution in [0, 0.1) is 0 Å². The van der Waals surface area contributed by atoms with Crippen LogP contribution in [0.25, 0.3) is 0 Å². The Morgan fingerprint density at radius 1 is 1.12 bits per heavy atom. The van der Waals surface area contributed by atoms with Crippen molar-refractivity contribution in [2.75, 3.05) is 0 Å². The molecule has 0 radical (unpaired) electrons. The number of hydrogen-bond donors (Lipinski definition) is 3. The van der Waals surface area contributed by atoms with Gasteiger partial charge in [0.1, 0.15) is 0 Å². The van der Waals surface area contributed by atoms with Crippen molar-refractivity contribution in [2.24, 2.45) is 0 Å². The molecule has 1 aromatic rings. The maximum atomic E-state index is 10.3. The Morgan fingerprint density at radius 3 is 2.25 bits per heavy atom. The predicted molar refractivity (Wildman–Crippen MR) is 61.5 cm³/mol. The summed E-state index contributed by atoms with van der Waals surface area (Å²) in [6.45, 7) is 0. The maximum absolute atomic E-state index is 10.3. The van der Waals surface area contributed by atoms with Crippen LogP contribution in [0.3, 0.4) is 0 Å². The molecule has 1 rings (SSSR count). The fourth-order valence-corrected chi connectivity index (χ4v) is 2.27. The molecule has 0 amide bonds. The first-order valence-electron chi connectivity index (χ1n) is 5.08. The zero-order chi connectivity index (χ0) is 12.0. The van der Waals surface area contributed by atoms with Crippen molar-refractivity contribution in [3.05, 3.63) is 29.8 Å². The minimum atomic E-state index is -2.74. The third kappa shape index (κ3) is 4.79. The summed E-state index contributed by atoms with van der Waals surface area (Å²) in [5.74, 6) is -0.759. The van der Waals surface area contributed by atoms with Crippen LogP contribution in [0.5, 0.6) is 0 Å². The molecule has 0 aliphatic rings. The molecule has 0 aromatic heterocycles. The standard InChI is InChI=1S/C11H15AsO4/c13-11(14)4-2-1-3-9-5-7-10(8-6-9)12(15)16/h5-8,15-16H,1-4H2,(H,13,14). The van der Waals surface area contributed by atoms with Crippen LogP contribution in [0.15, 0.2) is 24.3 Å². The Bertz CT molecular complexity index is 334. The summed E-state index contributed by atoms with van der Waals surface area (Å²) in [7, 11) is 0. The summed E-state index contributed by atoms with van der Waals surface area (Å²) >= 11 is -2.74. The van der Waals surface area contributed by atoms with Crippen molar-refractivity contribution in [3.63, 3.8) is 0 Å². The molecule has 0 saturated carbocycles. The van der Waals surface area contributed by atoms with Gasteiger partial charge in [0.25, 0.3) is 0 Å². The summed E-state index contributed by atoms with van der Waals surface area (Å²) in [5, 5.41) is 8.46. The van der Waals surface area contributed by atoms with Crippen molar-refractivity contribution >= 4 is 25.7 Å². The van der Waals surface area contributed by atoms with E-state index in [0.717, 1.165) is 18.4 Å². The number of carbonyl (C=O) groups is 1. The molecule has 16 heavy (non-hydrogen) atoms. The Labute approximate surface area is 99.5 Å². The Balaban J connectivity index is 2.35. The molecule has 0 unspecified atom stereocenters. The van der Waals surface area contributed by atoms with Crippen LogP contribution in [0.2, 0.25) is 0 Å². The van der Waals surface area contributed by atoms with Gasteiger partial charge in [0.2, 0.25) is 0 Å². The van der Waals surface area contributed by atoms with Gasteiger partial charge >= 0.3 is 99.3 Å². The van der Waals surface area contributed by atoms with Gasteiger partial charge in [0, 0.05) is 0 Å². The molecule has 3 N–H and O–H groups in total. The second-order valence-electron chi connectivity index (χ2n) is 3.56. The monoisotopic (exact) mass is 286 g/mol. The van der Waals surface area contributed by atoms with Crippen LogP contribution < -0.4 is 4.35 Å². The molecular weight excluding hydrogens is 271 g/mol. The van der Waals surface area contributed by atoms with E-state index in [4.69, 9.17) is 13.3 Å². The first-order chi connectivity index (χ1) is 7.59. The molecule has 0 bridgehead atoms. The average molecular weight is 286 g/mol. The van der Waals surface area contributed by atoms with Crippen molar-refractivity contribution in [1.82, 2.24) is 0 Å². The SMILES string of the molecule is O=C(O)CCCCc1ccc([As](O)O)cc1. The average Bonchev–Trinajstić information content (AvgIpc) is 2.25. The molecule has 0 aliphatic heterocycles. The summed E-state index contributed by atoms with van der Waals surface area (Å²) in [5.41, 5.74) is 1.10. The normalized spacial score (nSPS) is 10.7. The minimum absolute atomic E-state index is 0.209. The van der Waals surface area contributed by atoms with Gasteiger partial charge in [-0.05, 0) is 0 Å². The third-order valence-corrected chi connectivity index (χ3v) is 3.87. The van der Waals surface area contributed by atoms with Crippen LogP contribution in [-0.4, -0.2) is 34.6 Å². The van der Waals surface area contributed by atoms with Gasteiger partial charge in [-0.3, -0.25) is 0 Å². The van der Waals surface area contributed by atoms with Crippen LogP contribution in [0.1, 0.15) is 24.8 Å². The Kier molecular flexibility index (Phi) is 5.53. The number of carboxylic acid groups (broad SMARTS) is 1.